The van der Waals surface area contributed by atoms with Gasteiger partial charge in [-0.2, -0.15) is 0 Å². The molecule has 286 valence electrons. The molecule has 3 nitrogen and oxygen atoms in total. The Labute approximate surface area is 359 Å². The summed E-state index contributed by atoms with van der Waals surface area (Å²) in [6, 6.07) is 79.3. The van der Waals surface area contributed by atoms with Gasteiger partial charge in [-0.05, 0) is 67.8 Å². The topological polar surface area (TPSA) is 38.7 Å². The maximum atomic E-state index is 5.26. The van der Waals surface area contributed by atoms with Crippen LogP contribution in [0.1, 0.15) is 0 Å². The molecular formula is C57H37N3S. The van der Waals surface area contributed by atoms with Gasteiger partial charge >= 0.3 is 0 Å². The minimum Gasteiger partial charge on any atom is -0.208 e. The highest BCUT2D eigenvalue weighted by Crippen LogP contribution is 2.44. The summed E-state index contributed by atoms with van der Waals surface area (Å²) in [6.45, 7) is 0. The number of nitrogens with zero attached hydrogens (tertiary/aromatic N) is 3. The fourth-order valence-electron chi connectivity index (χ4n) is 8.25. The van der Waals surface area contributed by atoms with E-state index in [2.05, 4.69) is 218 Å². The van der Waals surface area contributed by atoms with Crippen LogP contribution >= 0.6 is 11.3 Å². The number of rotatable bonds is 8. The summed E-state index contributed by atoms with van der Waals surface area (Å²) >= 11 is 1.82. The zero-order chi connectivity index (χ0) is 40.5. The first-order valence-corrected chi connectivity index (χ1v) is 21.3. The Morgan fingerprint density at radius 2 is 0.639 bits per heavy atom. The molecule has 0 saturated heterocycles. The van der Waals surface area contributed by atoms with Crippen LogP contribution in [0.25, 0.3) is 110 Å². The number of benzene rings is 9. The van der Waals surface area contributed by atoms with Crippen LogP contribution in [0.5, 0.6) is 0 Å². The van der Waals surface area contributed by atoms with Crippen LogP contribution in [0.2, 0.25) is 0 Å². The summed E-state index contributed by atoms with van der Waals surface area (Å²) in [4.78, 5) is 15.7. The maximum Gasteiger partial charge on any atom is 0.164 e. The summed E-state index contributed by atoms with van der Waals surface area (Å²) in [7, 11) is 0. The van der Waals surface area contributed by atoms with Crippen LogP contribution in [0.4, 0.5) is 0 Å². The Bertz CT molecular complexity index is 3300. The molecule has 11 rings (SSSR count). The zero-order valence-corrected chi connectivity index (χ0v) is 33.9. The first-order chi connectivity index (χ1) is 30.2. The van der Waals surface area contributed by atoms with Crippen LogP contribution in [0.15, 0.2) is 224 Å². The predicted octanol–water partition coefficient (Wildman–Crippen LogP) is 15.6. The molecule has 0 aliphatic carbocycles. The number of hydrogen-bond donors (Lipinski definition) is 0. The Kier molecular flexibility index (Phi) is 9.38. The fraction of sp³-hybridized carbons (Fsp3) is 0. The number of aromatic nitrogens is 3. The van der Waals surface area contributed by atoms with Crippen molar-refractivity contribution >= 4 is 31.5 Å². The van der Waals surface area contributed by atoms with Crippen molar-refractivity contribution in [1.29, 1.82) is 0 Å². The van der Waals surface area contributed by atoms with E-state index in [1.54, 1.807) is 0 Å². The van der Waals surface area contributed by atoms with Crippen molar-refractivity contribution in [2.24, 2.45) is 0 Å². The van der Waals surface area contributed by atoms with Crippen LogP contribution in [-0.2, 0) is 0 Å². The highest BCUT2D eigenvalue weighted by molar-refractivity contribution is 7.26. The number of thiophene rings is 1. The summed E-state index contributed by atoms with van der Waals surface area (Å²) < 4.78 is 2.44. The van der Waals surface area contributed by atoms with E-state index in [0.717, 1.165) is 38.8 Å². The van der Waals surface area contributed by atoms with Gasteiger partial charge in [0.05, 0.1) is 0 Å². The van der Waals surface area contributed by atoms with Gasteiger partial charge in [-0.15, -0.1) is 11.3 Å². The molecule has 0 aliphatic rings. The molecule has 9 aromatic carbocycles. The van der Waals surface area contributed by atoms with E-state index < -0.39 is 0 Å². The smallest absolute Gasteiger partial charge is 0.164 e. The molecule has 2 heterocycles. The summed E-state index contributed by atoms with van der Waals surface area (Å²) in [5.74, 6) is 1.91. The lowest BCUT2D eigenvalue weighted by atomic mass is 9.98. The first-order valence-electron chi connectivity index (χ1n) is 20.5. The average Bonchev–Trinajstić information content (AvgIpc) is 3.74. The van der Waals surface area contributed by atoms with Crippen LogP contribution in [0.3, 0.4) is 0 Å². The second kappa shape index (κ2) is 15.8. The van der Waals surface area contributed by atoms with Gasteiger partial charge in [-0.3, -0.25) is 0 Å². The number of fused-ring (bicyclic) bond motifs is 3. The molecule has 4 heteroatoms. The largest absolute Gasteiger partial charge is 0.208 e. The molecule has 0 aliphatic heterocycles. The summed E-state index contributed by atoms with van der Waals surface area (Å²) in [5, 5.41) is 2.35. The minimum atomic E-state index is 0.632. The lowest BCUT2D eigenvalue weighted by molar-refractivity contribution is 1.08. The van der Waals surface area contributed by atoms with Gasteiger partial charge in [0, 0.05) is 36.9 Å². The van der Waals surface area contributed by atoms with E-state index in [9.17, 15) is 0 Å². The molecule has 11 aromatic rings. The first kappa shape index (κ1) is 36.3. The van der Waals surface area contributed by atoms with E-state index in [4.69, 9.17) is 15.0 Å². The highest BCUT2D eigenvalue weighted by Gasteiger charge is 2.19. The third kappa shape index (κ3) is 7.09. The van der Waals surface area contributed by atoms with Gasteiger partial charge in [0.1, 0.15) is 0 Å². The third-order valence-electron chi connectivity index (χ3n) is 11.4. The van der Waals surface area contributed by atoms with Gasteiger partial charge in [-0.1, -0.05) is 212 Å². The van der Waals surface area contributed by atoms with Crippen LogP contribution in [0, 0.1) is 0 Å². The van der Waals surface area contributed by atoms with Gasteiger partial charge in [0.25, 0.3) is 0 Å². The van der Waals surface area contributed by atoms with E-state index in [0.29, 0.717) is 17.5 Å². The SMILES string of the molecule is c1ccc(-c2ccc(-c3nc(-c4ccc(-c5cccc(-c6ccccc6)c5)cc4)nc(-c4cccc5sc6c(-c7ccc(-c8ccccc8)cc7)cccc6c45)n3)cc2)cc1. The molecule has 0 radical (unpaired) electrons. The van der Waals surface area contributed by atoms with Gasteiger partial charge in [-0.25, -0.2) is 15.0 Å². The quantitative estimate of drug-likeness (QED) is 0.154. The van der Waals surface area contributed by atoms with Crippen molar-refractivity contribution in [2.75, 3.05) is 0 Å². The van der Waals surface area contributed by atoms with E-state index in [1.165, 1.54) is 53.7 Å². The molecule has 0 unspecified atom stereocenters. The molecule has 0 bridgehead atoms. The predicted molar refractivity (Wildman–Crippen MR) is 256 cm³/mol. The lowest BCUT2D eigenvalue weighted by Crippen LogP contribution is -2.00. The van der Waals surface area contributed by atoms with Crippen molar-refractivity contribution < 1.29 is 0 Å². The normalized spacial score (nSPS) is 11.3. The maximum absolute atomic E-state index is 5.26. The molecule has 61 heavy (non-hydrogen) atoms. The summed E-state index contributed by atoms with van der Waals surface area (Å²) in [5.41, 5.74) is 14.7. The Hall–Kier alpha value is -7.79. The Morgan fingerprint density at radius 1 is 0.262 bits per heavy atom. The standard InChI is InChI=1S/C57H37N3S/c1-4-13-38(14-5-1)41-25-31-44(32-26-41)49-21-11-22-50-53-51(23-12-24-52(53)61-54(49)50)57-59-55(45-33-27-42(28-34-45)39-15-6-2-7-16-39)58-56(60-57)46-35-29-43(30-36-46)48-20-10-19-47(37-48)40-17-8-3-9-18-40/h1-37H. The molecule has 0 amide bonds. The molecular weight excluding hydrogens is 759 g/mol. The zero-order valence-electron chi connectivity index (χ0n) is 33.1. The molecule has 0 atom stereocenters. The molecule has 0 fully saturated rings. The second-order valence-electron chi connectivity index (χ2n) is 15.2. The molecule has 2 aromatic heterocycles. The van der Waals surface area contributed by atoms with Gasteiger partial charge < -0.3 is 0 Å². The van der Waals surface area contributed by atoms with Crippen molar-refractivity contribution in [3.05, 3.63) is 224 Å². The Balaban J connectivity index is 1.02. The van der Waals surface area contributed by atoms with Crippen LogP contribution < -0.4 is 0 Å². The van der Waals surface area contributed by atoms with E-state index in [-0.39, 0.29) is 0 Å². The third-order valence-corrected chi connectivity index (χ3v) is 12.6. The van der Waals surface area contributed by atoms with Gasteiger partial charge in [0.2, 0.25) is 0 Å². The number of hydrogen-bond acceptors (Lipinski definition) is 4. The summed E-state index contributed by atoms with van der Waals surface area (Å²) in [6.07, 6.45) is 0. The van der Waals surface area contributed by atoms with Crippen molar-refractivity contribution in [2.45, 2.75) is 0 Å². The monoisotopic (exact) mass is 795 g/mol. The second-order valence-corrected chi connectivity index (χ2v) is 16.2. The minimum absolute atomic E-state index is 0.632. The lowest BCUT2D eigenvalue weighted by Gasteiger charge is -2.11. The molecule has 0 spiro atoms. The van der Waals surface area contributed by atoms with Crippen molar-refractivity contribution in [1.82, 2.24) is 15.0 Å². The molecule has 0 N–H and O–H groups in total. The Morgan fingerprint density at radius 3 is 1.18 bits per heavy atom. The van der Waals surface area contributed by atoms with E-state index in [1.807, 2.05) is 17.4 Å². The van der Waals surface area contributed by atoms with Crippen molar-refractivity contribution in [3.63, 3.8) is 0 Å². The highest BCUT2D eigenvalue weighted by atomic mass is 32.1. The van der Waals surface area contributed by atoms with E-state index >= 15 is 0 Å². The van der Waals surface area contributed by atoms with Gasteiger partial charge in [0.15, 0.2) is 17.5 Å². The van der Waals surface area contributed by atoms with Crippen molar-refractivity contribution in [3.8, 4) is 89.8 Å². The molecule has 0 saturated carbocycles. The fourth-order valence-corrected chi connectivity index (χ4v) is 9.52. The average molecular weight is 796 g/mol. The van der Waals surface area contributed by atoms with Crippen LogP contribution in [-0.4, -0.2) is 15.0 Å².